The van der Waals surface area contributed by atoms with Crippen molar-refractivity contribution in [3.05, 3.63) is 28.8 Å². The molecular weight excluding hydrogens is 274 g/mol. The molecule has 1 N–H and O–H groups in total. The van der Waals surface area contributed by atoms with E-state index in [1.807, 2.05) is 0 Å². The highest BCUT2D eigenvalue weighted by atomic mass is 35.5. The summed E-state index contributed by atoms with van der Waals surface area (Å²) in [5.74, 6) is 0. The smallest absolute Gasteiger partial charge is 0.243 e. The third-order valence-electron chi connectivity index (χ3n) is 3.34. The number of sulfonamides is 1. The lowest BCUT2D eigenvalue weighted by molar-refractivity contribution is 0.213. The highest BCUT2D eigenvalue weighted by Gasteiger charge is 2.35. The second-order valence-electron chi connectivity index (χ2n) is 4.46. The molecule has 4 nitrogen and oxygen atoms in total. The zero-order valence-corrected chi connectivity index (χ0v) is 11.7. The van der Waals surface area contributed by atoms with Crippen molar-refractivity contribution >= 4 is 21.6 Å². The van der Waals surface area contributed by atoms with Gasteiger partial charge in [-0.05, 0) is 37.5 Å². The standard InChI is InChI=1S/C12H16ClNO3S/c1-9-11(13)5-2-6-12(9)18(16,17)14-7-3-4-10(14)8-15/h2,5-6,10,15H,3-4,7-8H2,1H3/t10-/m0/s1. The van der Waals surface area contributed by atoms with E-state index in [0.29, 0.717) is 23.6 Å². The zero-order chi connectivity index (χ0) is 13.3. The summed E-state index contributed by atoms with van der Waals surface area (Å²) in [6.07, 6.45) is 1.49. The Labute approximate surface area is 112 Å². The van der Waals surface area contributed by atoms with E-state index >= 15 is 0 Å². The van der Waals surface area contributed by atoms with E-state index in [0.717, 1.165) is 6.42 Å². The molecule has 1 atom stereocenters. The molecule has 0 aromatic heterocycles. The molecule has 1 aromatic carbocycles. The molecule has 2 rings (SSSR count). The lowest BCUT2D eigenvalue weighted by Gasteiger charge is -2.23. The van der Waals surface area contributed by atoms with Crippen LogP contribution in [0.2, 0.25) is 5.02 Å². The molecule has 100 valence electrons. The average Bonchev–Trinajstić information content (AvgIpc) is 2.81. The molecule has 1 aliphatic rings. The minimum atomic E-state index is -3.56. The summed E-state index contributed by atoms with van der Waals surface area (Å²) in [5.41, 5.74) is 0.558. The molecule has 0 unspecified atom stereocenters. The van der Waals surface area contributed by atoms with Crippen LogP contribution in [-0.4, -0.2) is 37.0 Å². The topological polar surface area (TPSA) is 57.6 Å². The summed E-state index contributed by atoms with van der Waals surface area (Å²) >= 11 is 5.96. The van der Waals surface area contributed by atoms with Gasteiger partial charge in [-0.15, -0.1) is 0 Å². The van der Waals surface area contributed by atoms with Gasteiger partial charge < -0.3 is 5.11 Å². The van der Waals surface area contributed by atoms with E-state index < -0.39 is 10.0 Å². The minimum absolute atomic E-state index is 0.140. The van der Waals surface area contributed by atoms with Gasteiger partial charge in [0.25, 0.3) is 0 Å². The number of aliphatic hydroxyl groups is 1. The molecule has 0 saturated carbocycles. The van der Waals surface area contributed by atoms with Gasteiger partial charge in [0.05, 0.1) is 11.5 Å². The Balaban J connectivity index is 2.45. The van der Waals surface area contributed by atoms with Gasteiger partial charge in [-0.3, -0.25) is 0 Å². The molecule has 1 saturated heterocycles. The average molecular weight is 290 g/mol. The summed E-state index contributed by atoms with van der Waals surface area (Å²) in [6, 6.07) is 4.55. The number of aliphatic hydroxyl groups excluding tert-OH is 1. The van der Waals surface area contributed by atoms with E-state index in [1.165, 1.54) is 4.31 Å². The van der Waals surface area contributed by atoms with Gasteiger partial charge in [-0.2, -0.15) is 4.31 Å². The number of rotatable bonds is 3. The third kappa shape index (κ3) is 2.28. The molecule has 1 aromatic rings. The van der Waals surface area contributed by atoms with Crippen LogP contribution in [0.3, 0.4) is 0 Å². The molecule has 1 fully saturated rings. The van der Waals surface area contributed by atoms with Crippen molar-refractivity contribution in [1.82, 2.24) is 4.31 Å². The molecule has 0 bridgehead atoms. The molecule has 0 radical (unpaired) electrons. The maximum atomic E-state index is 12.5. The fraction of sp³-hybridized carbons (Fsp3) is 0.500. The fourth-order valence-corrected chi connectivity index (χ4v) is 4.47. The van der Waals surface area contributed by atoms with Gasteiger partial charge in [0.2, 0.25) is 10.0 Å². The summed E-state index contributed by atoms with van der Waals surface area (Å²) in [7, 11) is -3.56. The molecule has 18 heavy (non-hydrogen) atoms. The van der Waals surface area contributed by atoms with E-state index in [2.05, 4.69) is 0 Å². The van der Waals surface area contributed by atoms with Gasteiger partial charge in [0.15, 0.2) is 0 Å². The van der Waals surface area contributed by atoms with Crippen LogP contribution in [0.15, 0.2) is 23.1 Å². The quantitative estimate of drug-likeness (QED) is 0.923. The minimum Gasteiger partial charge on any atom is -0.395 e. The van der Waals surface area contributed by atoms with Crippen LogP contribution in [0.25, 0.3) is 0 Å². The Morgan fingerprint density at radius 1 is 1.50 bits per heavy atom. The molecule has 0 spiro atoms. The van der Waals surface area contributed by atoms with Gasteiger partial charge in [0.1, 0.15) is 0 Å². The Morgan fingerprint density at radius 3 is 2.89 bits per heavy atom. The summed E-state index contributed by atoms with van der Waals surface area (Å²) in [4.78, 5) is 0.232. The number of halogens is 1. The van der Waals surface area contributed by atoms with Gasteiger partial charge in [0, 0.05) is 17.6 Å². The van der Waals surface area contributed by atoms with Crippen molar-refractivity contribution in [1.29, 1.82) is 0 Å². The van der Waals surface area contributed by atoms with Crippen LogP contribution in [0.4, 0.5) is 0 Å². The fourth-order valence-electron chi connectivity index (χ4n) is 2.30. The van der Waals surface area contributed by atoms with E-state index in [-0.39, 0.29) is 17.5 Å². The SMILES string of the molecule is Cc1c(Cl)cccc1S(=O)(=O)N1CCC[C@H]1CO. The Bertz CT molecular complexity index is 544. The maximum Gasteiger partial charge on any atom is 0.243 e. The second kappa shape index (κ2) is 5.17. The van der Waals surface area contributed by atoms with Crippen molar-refractivity contribution in [2.75, 3.05) is 13.2 Å². The van der Waals surface area contributed by atoms with Crippen molar-refractivity contribution in [2.45, 2.75) is 30.7 Å². The first kappa shape index (κ1) is 13.8. The largest absolute Gasteiger partial charge is 0.395 e. The predicted octanol–water partition coefficient (Wildman–Crippen LogP) is 1.79. The molecule has 1 aliphatic heterocycles. The van der Waals surface area contributed by atoms with Crippen molar-refractivity contribution in [3.8, 4) is 0 Å². The van der Waals surface area contributed by atoms with Crippen LogP contribution in [0.5, 0.6) is 0 Å². The third-order valence-corrected chi connectivity index (χ3v) is 5.84. The zero-order valence-electron chi connectivity index (χ0n) is 10.1. The Hall–Kier alpha value is -0.620. The van der Waals surface area contributed by atoms with Crippen molar-refractivity contribution in [2.24, 2.45) is 0 Å². The molecular formula is C12H16ClNO3S. The lowest BCUT2D eigenvalue weighted by Crippen LogP contribution is -2.37. The number of hydrogen-bond donors (Lipinski definition) is 1. The van der Waals surface area contributed by atoms with Crippen molar-refractivity contribution in [3.63, 3.8) is 0 Å². The van der Waals surface area contributed by atoms with Gasteiger partial charge in [-0.1, -0.05) is 17.7 Å². The molecule has 6 heteroatoms. The lowest BCUT2D eigenvalue weighted by atomic mass is 10.2. The predicted molar refractivity (Wildman–Crippen MR) is 70.2 cm³/mol. The molecule has 0 amide bonds. The number of benzene rings is 1. The highest BCUT2D eigenvalue weighted by Crippen LogP contribution is 2.30. The molecule has 1 heterocycles. The Kier molecular flexibility index (Phi) is 3.96. The normalized spacial score (nSPS) is 21.4. The first-order valence-electron chi connectivity index (χ1n) is 5.86. The summed E-state index contributed by atoms with van der Waals surface area (Å²) < 4.78 is 26.4. The number of nitrogens with zero attached hydrogens (tertiary/aromatic N) is 1. The monoisotopic (exact) mass is 289 g/mol. The number of hydrogen-bond acceptors (Lipinski definition) is 3. The van der Waals surface area contributed by atoms with Crippen LogP contribution in [0, 0.1) is 6.92 Å². The van der Waals surface area contributed by atoms with Crippen LogP contribution in [-0.2, 0) is 10.0 Å². The molecule has 0 aliphatic carbocycles. The highest BCUT2D eigenvalue weighted by molar-refractivity contribution is 7.89. The summed E-state index contributed by atoms with van der Waals surface area (Å²) in [5, 5.41) is 9.68. The van der Waals surface area contributed by atoms with Gasteiger partial charge in [-0.25, -0.2) is 8.42 Å². The first-order chi connectivity index (χ1) is 8.48. The first-order valence-corrected chi connectivity index (χ1v) is 7.68. The van der Waals surface area contributed by atoms with E-state index in [4.69, 9.17) is 11.6 Å². The summed E-state index contributed by atoms with van der Waals surface area (Å²) in [6.45, 7) is 2.01. The maximum absolute atomic E-state index is 12.5. The van der Waals surface area contributed by atoms with Crippen LogP contribution < -0.4 is 0 Å². The second-order valence-corrected chi connectivity index (χ2v) is 6.72. The van der Waals surface area contributed by atoms with Gasteiger partial charge >= 0.3 is 0 Å². The van der Waals surface area contributed by atoms with Crippen molar-refractivity contribution < 1.29 is 13.5 Å². The van der Waals surface area contributed by atoms with E-state index in [1.54, 1.807) is 25.1 Å². The Morgan fingerprint density at radius 2 is 2.22 bits per heavy atom. The van der Waals surface area contributed by atoms with Crippen LogP contribution in [0.1, 0.15) is 18.4 Å². The van der Waals surface area contributed by atoms with Crippen LogP contribution >= 0.6 is 11.6 Å². The van der Waals surface area contributed by atoms with E-state index in [9.17, 15) is 13.5 Å².